The predicted octanol–water partition coefficient (Wildman–Crippen LogP) is 4.46. The number of rotatable bonds is 8. The number of nitrogens with one attached hydrogen (secondary N) is 2. The highest BCUT2D eigenvalue weighted by Gasteiger charge is 2.39. The zero-order valence-electron chi connectivity index (χ0n) is 23.1. The highest BCUT2D eigenvalue weighted by Crippen LogP contribution is 2.39. The van der Waals surface area contributed by atoms with Crippen LogP contribution >= 0.6 is 0 Å². The number of anilines is 3. The van der Waals surface area contributed by atoms with E-state index in [1.54, 1.807) is 54.2 Å². The van der Waals surface area contributed by atoms with Crippen LogP contribution in [0.5, 0.6) is 11.5 Å². The molecule has 41 heavy (non-hydrogen) atoms. The first-order valence-electron chi connectivity index (χ1n) is 13.6. The molecule has 2 aliphatic heterocycles. The molecule has 0 saturated carbocycles. The number of nitrogens with two attached hydrogens (primary N) is 1. The quantitative estimate of drug-likeness (QED) is 0.237. The molecule has 0 radical (unpaired) electrons. The van der Waals surface area contributed by atoms with E-state index in [1.807, 2.05) is 18.0 Å². The van der Waals surface area contributed by atoms with Crippen molar-refractivity contribution < 1.29 is 24.2 Å². The second-order valence-electron chi connectivity index (χ2n) is 10.7. The summed E-state index contributed by atoms with van der Waals surface area (Å²) >= 11 is 0. The van der Waals surface area contributed by atoms with Gasteiger partial charge in [-0.05, 0) is 69.0 Å². The standard InChI is InChI=1S/C30H34N6O5/c1-30-11-3-4-12-36(30)29(40)22-15-25(37)26(16-23(22)32-18-30)41-13-5-6-27(38)33-21-14-24(35(2)17-21)28(39)34-20-9-7-19(31)8-10-20/h7-10,14-18,37H,3-6,11-13,31H2,1-2H3,(H,33,38)(H,34,39)/t30-/m0/s1. The SMILES string of the molecule is Cn1cc(NC(=O)CCCOc2cc3c(cc2O)C(=O)N2CCCC[C@@]2(C)C=N3)cc1C(=O)Nc1ccc(N)cc1. The van der Waals surface area contributed by atoms with Gasteiger partial charge in [-0.3, -0.25) is 19.4 Å². The molecule has 0 spiro atoms. The molecule has 0 aliphatic carbocycles. The number of piperidine rings is 1. The Morgan fingerprint density at radius 3 is 2.68 bits per heavy atom. The monoisotopic (exact) mass is 558 g/mol. The molecule has 2 aliphatic rings. The van der Waals surface area contributed by atoms with Gasteiger partial charge in [0.1, 0.15) is 5.69 Å². The van der Waals surface area contributed by atoms with Crippen LogP contribution in [0.1, 0.15) is 59.9 Å². The number of ether oxygens (including phenoxy) is 1. The number of phenolic OH excluding ortho intramolecular Hbond substituents is 1. The summed E-state index contributed by atoms with van der Waals surface area (Å²) in [5.74, 6) is -0.644. The second kappa shape index (κ2) is 11.4. The summed E-state index contributed by atoms with van der Waals surface area (Å²) in [6.45, 7) is 2.84. The maximum Gasteiger partial charge on any atom is 0.272 e. The molecule has 1 atom stereocenters. The van der Waals surface area contributed by atoms with E-state index in [1.165, 1.54) is 6.07 Å². The third-order valence-electron chi connectivity index (χ3n) is 7.46. The van der Waals surface area contributed by atoms with Crippen LogP contribution in [-0.2, 0) is 11.8 Å². The largest absolute Gasteiger partial charge is 0.504 e. The number of aryl methyl sites for hydroxylation is 1. The summed E-state index contributed by atoms with van der Waals surface area (Å²) in [4.78, 5) is 44.8. The minimum atomic E-state index is -0.446. The Labute approximate surface area is 238 Å². The van der Waals surface area contributed by atoms with Crippen molar-refractivity contribution in [3.05, 3.63) is 59.9 Å². The van der Waals surface area contributed by atoms with E-state index in [4.69, 9.17) is 10.5 Å². The summed E-state index contributed by atoms with van der Waals surface area (Å²) in [5.41, 5.74) is 8.13. The van der Waals surface area contributed by atoms with E-state index in [0.29, 0.717) is 47.0 Å². The van der Waals surface area contributed by atoms with Crippen molar-refractivity contribution in [1.82, 2.24) is 9.47 Å². The summed E-state index contributed by atoms with van der Waals surface area (Å²) in [7, 11) is 1.72. The van der Waals surface area contributed by atoms with E-state index in [2.05, 4.69) is 15.6 Å². The molecule has 11 heteroatoms. The molecule has 214 valence electrons. The lowest BCUT2D eigenvalue weighted by Gasteiger charge is -2.41. The number of phenols is 1. The van der Waals surface area contributed by atoms with Gasteiger partial charge in [0.25, 0.3) is 11.8 Å². The number of aromatic hydroxyl groups is 1. The van der Waals surface area contributed by atoms with Crippen LogP contribution < -0.4 is 21.1 Å². The van der Waals surface area contributed by atoms with Crippen molar-refractivity contribution in [3.63, 3.8) is 0 Å². The molecule has 2 aromatic carbocycles. The van der Waals surface area contributed by atoms with E-state index in [9.17, 15) is 19.5 Å². The number of hydrogen-bond acceptors (Lipinski definition) is 7. The van der Waals surface area contributed by atoms with Crippen LogP contribution in [0.25, 0.3) is 0 Å². The molecule has 3 amide bonds. The van der Waals surface area contributed by atoms with Gasteiger partial charge in [0, 0.05) is 49.9 Å². The molecular formula is C30H34N6O5. The number of benzene rings is 2. The third kappa shape index (κ3) is 6.03. The molecular weight excluding hydrogens is 524 g/mol. The number of amides is 3. The zero-order chi connectivity index (χ0) is 29.1. The third-order valence-corrected chi connectivity index (χ3v) is 7.46. The van der Waals surface area contributed by atoms with Crippen LogP contribution in [0.3, 0.4) is 0 Å². The average molecular weight is 559 g/mol. The van der Waals surface area contributed by atoms with Gasteiger partial charge in [-0.2, -0.15) is 0 Å². The molecule has 5 rings (SSSR count). The van der Waals surface area contributed by atoms with E-state index >= 15 is 0 Å². The second-order valence-corrected chi connectivity index (χ2v) is 10.7. The Bertz CT molecular complexity index is 1510. The minimum absolute atomic E-state index is 0.147. The van der Waals surface area contributed by atoms with Crippen molar-refractivity contribution in [2.75, 3.05) is 29.5 Å². The Morgan fingerprint density at radius 2 is 1.90 bits per heavy atom. The van der Waals surface area contributed by atoms with Gasteiger partial charge < -0.3 is 35.7 Å². The summed E-state index contributed by atoms with van der Waals surface area (Å²) in [6, 6.07) is 11.4. The smallest absolute Gasteiger partial charge is 0.272 e. The predicted molar refractivity (Wildman–Crippen MR) is 157 cm³/mol. The fourth-order valence-electron chi connectivity index (χ4n) is 5.17. The van der Waals surface area contributed by atoms with Crippen LogP contribution in [0.2, 0.25) is 0 Å². The van der Waals surface area contributed by atoms with Gasteiger partial charge >= 0.3 is 0 Å². The molecule has 1 saturated heterocycles. The summed E-state index contributed by atoms with van der Waals surface area (Å²) in [5, 5.41) is 16.1. The molecule has 11 nitrogen and oxygen atoms in total. The molecule has 1 fully saturated rings. The van der Waals surface area contributed by atoms with E-state index in [-0.39, 0.29) is 42.2 Å². The zero-order valence-corrected chi connectivity index (χ0v) is 23.1. The average Bonchev–Trinajstić information content (AvgIpc) is 3.26. The number of aliphatic imine (C=N–C) groups is 1. The highest BCUT2D eigenvalue weighted by molar-refractivity contribution is 6.05. The van der Waals surface area contributed by atoms with Crippen LogP contribution in [0.15, 0.2) is 53.7 Å². The molecule has 3 aromatic rings. The van der Waals surface area contributed by atoms with Gasteiger partial charge in [-0.1, -0.05) is 0 Å². The van der Waals surface area contributed by atoms with Crippen LogP contribution in [-0.4, -0.2) is 57.2 Å². The fraction of sp³-hybridized carbons (Fsp3) is 0.333. The Hall–Kier alpha value is -4.80. The first kappa shape index (κ1) is 27.8. The van der Waals surface area contributed by atoms with Crippen molar-refractivity contribution in [2.24, 2.45) is 12.0 Å². The number of hydrogen-bond donors (Lipinski definition) is 4. The van der Waals surface area contributed by atoms with Gasteiger partial charge in [-0.15, -0.1) is 0 Å². The summed E-state index contributed by atoms with van der Waals surface area (Å²) < 4.78 is 7.38. The molecule has 0 bridgehead atoms. The van der Waals surface area contributed by atoms with Gasteiger partial charge in [-0.25, -0.2) is 0 Å². The molecule has 5 N–H and O–H groups in total. The van der Waals surface area contributed by atoms with Crippen LogP contribution in [0, 0.1) is 0 Å². The molecule has 1 aromatic heterocycles. The lowest BCUT2D eigenvalue weighted by Crippen LogP contribution is -2.53. The van der Waals surface area contributed by atoms with Gasteiger partial charge in [0.05, 0.1) is 29.1 Å². The van der Waals surface area contributed by atoms with Gasteiger partial charge in [0.2, 0.25) is 5.91 Å². The van der Waals surface area contributed by atoms with Gasteiger partial charge in [0.15, 0.2) is 11.5 Å². The van der Waals surface area contributed by atoms with Crippen molar-refractivity contribution >= 4 is 46.7 Å². The molecule has 0 unspecified atom stereocenters. The fourth-order valence-corrected chi connectivity index (χ4v) is 5.17. The highest BCUT2D eigenvalue weighted by atomic mass is 16.5. The Kier molecular flexibility index (Phi) is 7.69. The van der Waals surface area contributed by atoms with E-state index in [0.717, 1.165) is 19.3 Å². The number of fused-ring (bicyclic) bond motifs is 2. The first-order chi connectivity index (χ1) is 19.6. The molecule has 3 heterocycles. The van der Waals surface area contributed by atoms with Crippen molar-refractivity contribution in [1.29, 1.82) is 0 Å². The maximum atomic E-state index is 13.2. The van der Waals surface area contributed by atoms with Crippen molar-refractivity contribution in [3.8, 4) is 11.5 Å². The van der Waals surface area contributed by atoms with E-state index < -0.39 is 5.54 Å². The number of nitrogen functional groups attached to an aromatic ring is 1. The van der Waals surface area contributed by atoms with Crippen molar-refractivity contribution in [2.45, 2.75) is 44.6 Å². The first-order valence-corrected chi connectivity index (χ1v) is 13.6. The number of nitrogens with zero attached hydrogens (tertiary/aromatic N) is 3. The Balaban J connectivity index is 1.14. The number of aromatic nitrogens is 1. The number of carbonyl (C=O) groups excluding carboxylic acids is 3. The van der Waals surface area contributed by atoms with Crippen LogP contribution in [0.4, 0.5) is 22.7 Å². The Morgan fingerprint density at radius 1 is 1.12 bits per heavy atom. The topological polar surface area (TPSA) is 151 Å². The minimum Gasteiger partial charge on any atom is -0.504 e. The summed E-state index contributed by atoms with van der Waals surface area (Å²) in [6.07, 6.45) is 6.84. The number of carbonyl (C=O) groups is 3. The normalized spacial score (nSPS) is 17.8. The lowest BCUT2D eigenvalue weighted by atomic mass is 9.89. The lowest BCUT2D eigenvalue weighted by molar-refractivity contribution is -0.116. The maximum absolute atomic E-state index is 13.2.